The van der Waals surface area contributed by atoms with Crippen molar-refractivity contribution >= 4 is 0 Å². The Bertz CT molecular complexity index is 522. The number of hydrogen-bond acceptors (Lipinski definition) is 8. The second kappa shape index (κ2) is 21.3. The third-order valence-electron chi connectivity index (χ3n) is 4.34. The molecule has 0 atom stereocenters. The molecule has 0 unspecified atom stereocenters. The average Bonchev–Trinajstić information content (AvgIpc) is 2.71. The fraction of sp³-hybridized carbons (Fsp3) is 1.00. The van der Waals surface area contributed by atoms with E-state index in [1.165, 1.54) is 77.0 Å². The van der Waals surface area contributed by atoms with Crippen LogP contribution in [-0.4, -0.2) is 27.9 Å². The van der Waals surface area contributed by atoms with Crippen LogP contribution < -0.4 is 0 Å². The fourth-order valence-electron chi connectivity index (χ4n) is 2.57. The van der Waals surface area contributed by atoms with E-state index < -0.39 is 27.2 Å². The first kappa shape index (κ1) is 31.3. The molecule has 0 saturated heterocycles. The third kappa shape index (κ3) is 26.1. The van der Waals surface area contributed by atoms with Crippen molar-refractivity contribution in [1.29, 1.82) is 0 Å². The van der Waals surface area contributed by atoms with Crippen LogP contribution in [0.1, 0.15) is 96.8 Å². The summed E-state index contributed by atoms with van der Waals surface area (Å²) < 4.78 is 58.7. The van der Waals surface area contributed by atoms with Gasteiger partial charge in [-0.1, -0.05) is 32.6 Å². The van der Waals surface area contributed by atoms with Crippen molar-refractivity contribution < 1.29 is 57.6 Å². The van der Waals surface area contributed by atoms with Crippen molar-refractivity contribution in [2.45, 2.75) is 96.8 Å². The molecule has 0 rings (SSSR count). The molecule has 8 nitrogen and oxygen atoms in total. The summed E-state index contributed by atoms with van der Waals surface area (Å²) in [7, 11) is 3.26. The molecule has 29 heavy (non-hydrogen) atoms. The molecule has 0 aromatic heterocycles. The van der Waals surface area contributed by atoms with E-state index in [4.69, 9.17) is 3.79 Å². The minimum atomic E-state index is -4.45. The molecule has 0 aromatic carbocycles. The van der Waals surface area contributed by atoms with Gasteiger partial charge in [-0.3, -0.25) is 0 Å². The Hall–Kier alpha value is 0.105. The van der Waals surface area contributed by atoms with Crippen molar-refractivity contribution in [3.05, 3.63) is 0 Å². The summed E-state index contributed by atoms with van der Waals surface area (Å²) in [5.74, 6) is 0. The number of hydrogen-bond donors (Lipinski definition) is 0. The maximum atomic E-state index is 11.0. The van der Waals surface area contributed by atoms with Crippen LogP contribution in [0.25, 0.3) is 0 Å². The van der Waals surface area contributed by atoms with Crippen LogP contribution in [0.3, 0.4) is 0 Å². The standard InChI is InChI=1S/C16H33O.3CH3O.2Cr.4O/c1-2-3-4-5-6-7-8-9-10-11-12-13-14-15-16-17;3*1-2;;;;;;/h2-16H2,1H3;3*1H3;;;;;;/q4*-1;2*+2;;;;. The van der Waals surface area contributed by atoms with E-state index in [1.807, 2.05) is 0 Å². The van der Waals surface area contributed by atoms with E-state index in [2.05, 4.69) is 18.3 Å². The molecule has 0 aromatic rings. The fourth-order valence-corrected chi connectivity index (χ4v) is 3.44. The summed E-state index contributed by atoms with van der Waals surface area (Å²) in [4.78, 5) is 0. The van der Waals surface area contributed by atoms with Crippen LogP contribution in [-0.2, 0) is 57.6 Å². The Balaban J connectivity index is 0. The Kier molecular flexibility index (Phi) is 23.0. The summed E-state index contributed by atoms with van der Waals surface area (Å²) in [5, 5.41) is 0. The van der Waals surface area contributed by atoms with Crippen LogP contribution in [0.4, 0.5) is 0 Å². The van der Waals surface area contributed by atoms with Gasteiger partial charge >= 0.3 is 150 Å². The van der Waals surface area contributed by atoms with Gasteiger partial charge in [-0.15, -0.1) is 0 Å². The quantitative estimate of drug-likeness (QED) is 0.205. The predicted molar refractivity (Wildman–Crippen MR) is 100 cm³/mol. The molecule has 0 aliphatic heterocycles. The number of unbranched alkanes of at least 4 members (excludes halogenated alkanes) is 13. The third-order valence-corrected chi connectivity index (χ3v) is 6.96. The summed E-state index contributed by atoms with van der Waals surface area (Å²) in [6.45, 7) is 2.52. The van der Waals surface area contributed by atoms with Gasteiger partial charge in [0.25, 0.3) is 0 Å². The van der Waals surface area contributed by atoms with Crippen LogP contribution >= 0.6 is 0 Å². The predicted octanol–water partition coefficient (Wildman–Crippen LogP) is 5.76. The molecule has 0 amide bonds. The molecule has 0 radical (unpaired) electrons. The van der Waals surface area contributed by atoms with E-state index in [1.54, 1.807) is 0 Å². The zero-order chi connectivity index (χ0) is 22.4. The Morgan fingerprint density at radius 2 is 0.793 bits per heavy atom. The first-order chi connectivity index (χ1) is 13.7. The van der Waals surface area contributed by atoms with Gasteiger partial charge in [-0.05, 0) is 0 Å². The minimum absolute atomic E-state index is 0.263. The van der Waals surface area contributed by atoms with Gasteiger partial charge in [-0.2, -0.15) is 0 Å². The van der Waals surface area contributed by atoms with Gasteiger partial charge in [-0.25, -0.2) is 0 Å². The average molecular weight is 503 g/mol. The van der Waals surface area contributed by atoms with E-state index in [0.29, 0.717) is 0 Å². The van der Waals surface area contributed by atoms with Crippen molar-refractivity contribution in [2.75, 3.05) is 27.9 Å². The second-order valence-corrected chi connectivity index (χ2v) is 11.2. The topological polar surface area (TPSA) is 105 Å². The molecule has 0 spiro atoms. The van der Waals surface area contributed by atoms with Crippen LogP contribution in [0.15, 0.2) is 0 Å². The monoisotopic (exact) mass is 502 g/mol. The van der Waals surface area contributed by atoms with Gasteiger partial charge in [0.2, 0.25) is 0 Å². The molecule has 0 heterocycles. The Labute approximate surface area is 182 Å². The van der Waals surface area contributed by atoms with E-state index in [0.717, 1.165) is 34.2 Å². The van der Waals surface area contributed by atoms with Crippen LogP contribution in [0.2, 0.25) is 0 Å². The Morgan fingerprint density at radius 3 is 1.07 bits per heavy atom. The SMILES string of the molecule is CCCCCCCCCCCCCCCC[O][Cr](=[O])(=[O])[O]C.C[O][Cr](=[O])(=[O])[O]C. The second-order valence-electron chi connectivity index (χ2n) is 6.73. The molecule has 0 aliphatic rings. The molecule has 178 valence electrons. The van der Waals surface area contributed by atoms with Crippen molar-refractivity contribution in [3.63, 3.8) is 0 Å². The molecule has 0 fully saturated rings. The molecule has 10 heteroatoms. The summed E-state index contributed by atoms with van der Waals surface area (Å²) in [6.07, 6.45) is 18.0. The van der Waals surface area contributed by atoms with Crippen LogP contribution in [0, 0.1) is 0 Å². The molecule has 0 N–H and O–H groups in total. The van der Waals surface area contributed by atoms with Gasteiger partial charge in [0.15, 0.2) is 0 Å². The summed E-state index contributed by atoms with van der Waals surface area (Å²) in [6, 6.07) is 0. The molecular weight excluding hydrogens is 460 g/mol. The van der Waals surface area contributed by atoms with Crippen molar-refractivity contribution in [2.24, 2.45) is 0 Å². The van der Waals surface area contributed by atoms with Crippen LogP contribution in [0.5, 0.6) is 0 Å². The molecule has 0 bridgehead atoms. The van der Waals surface area contributed by atoms with Crippen molar-refractivity contribution in [3.8, 4) is 0 Å². The molecule has 0 saturated carbocycles. The van der Waals surface area contributed by atoms with Crippen molar-refractivity contribution in [1.82, 2.24) is 0 Å². The first-order valence-corrected chi connectivity index (χ1v) is 14.7. The molecular formula is C19H42Cr2O8. The first-order valence-electron chi connectivity index (χ1n) is 10.6. The maximum absolute atomic E-state index is 11.0. The Morgan fingerprint density at radius 1 is 0.483 bits per heavy atom. The van der Waals surface area contributed by atoms with Gasteiger partial charge in [0.1, 0.15) is 0 Å². The van der Waals surface area contributed by atoms with Gasteiger partial charge in [0.05, 0.1) is 0 Å². The normalized spacial score (nSPS) is 11.9. The molecule has 0 aliphatic carbocycles. The van der Waals surface area contributed by atoms with E-state index in [9.17, 15) is 15.2 Å². The zero-order valence-electron chi connectivity index (χ0n) is 18.7. The van der Waals surface area contributed by atoms with E-state index >= 15 is 0 Å². The zero-order valence-corrected chi connectivity index (χ0v) is 21.2. The number of rotatable bonds is 19. The summed E-state index contributed by atoms with van der Waals surface area (Å²) >= 11 is -8.76. The van der Waals surface area contributed by atoms with Gasteiger partial charge < -0.3 is 0 Å². The van der Waals surface area contributed by atoms with Gasteiger partial charge in [0, 0.05) is 0 Å². The van der Waals surface area contributed by atoms with E-state index in [-0.39, 0.29) is 6.61 Å². The summed E-state index contributed by atoms with van der Waals surface area (Å²) in [5.41, 5.74) is 0.